The zero-order chi connectivity index (χ0) is 8.55. The molecule has 0 amide bonds. The zero-order valence-corrected chi connectivity index (χ0v) is 8.55. The standard InChI is InChI=1S/C12H22/c1-3-10(4-2)12-8-9-5-6-11(12)7-9/h9-12H,3-8H2,1-2H3. The van der Waals surface area contributed by atoms with Crippen LogP contribution in [-0.2, 0) is 0 Å². The second-order valence-corrected chi connectivity index (χ2v) is 4.92. The molecule has 3 atom stereocenters. The molecule has 2 aliphatic rings. The maximum absolute atomic E-state index is 2.38. The van der Waals surface area contributed by atoms with Gasteiger partial charge in [-0.25, -0.2) is 0 Å². The van der Waals surface area contributed by atoms with Crippen molar-refractivity contribution >= 4 is 0 Å². The van der Waals surface area contributed by atoms with Crippen LogP contribution in [0.5, 0.6) is 0 Å². The third-order valence-corrected chi connectivity index (χ3v) is 4.45. The molecular formula is C12H22. The molecule has 0 heteroatoms. The molecule has 3 unspecified atom stereocenters. The molecule has 0 aromatic heterocycles. The van der Waals surface area contributed by atoms with Gasteiger partial charge in [-0.1, -0.05) is 33.1 Å². The maximum atomic E-state index is 2.38. The summed E-state index contributed by atoms with van der Waals surface area (Å²) in [6, 6.07) is 0. The van der Waals surface area contributed by atoms with E-state index in [4.69, 9.17) is 0 Å². The monoisotopic (exact) mass is 166 g/mol. The second-order valence-electron chi connectivity index (χ2n) is 4.92. The van der Waals surface area contributed by atoms with E-state index in [2.05, 4.69) is 13.8 Å². The molecule has 0 saturated heterocycles. The quantitative estimate of drug-likeness (QED) is 0.597. The van der Waals surface area contributed by atoms with Crippen molar-refractivity contribution in [1.29, 1.82) is 0 Å². The summed E-state index contributed by atoms with van der Waals surface area (Å²) in [4.78, 5) is 0. The first-order valence-corrected chi connectivity index (χ1v) is 5.85. The lowest BCUT2D eigenvalue weighted by atomic mass is 9.77. The Kier molecular flexibility index (Phi) is 2.43. The molecule has 0 heterocycles. The van der Waals surface area contributed by atoms with Crippen molar-refractivity contribution in [1.82, 2.24) is 0 Å². The molecule has 0 N–H and O–H groups in total. The van der Waals surface area contributed by atoms with Crippen molar-refractivity contribution < 1.29 is 0 Å². The Hall–Kier alpha value is 0. The highest BCUT2D eigenvalue weighted by atomic mass is 14.5. The van der Waals surface area contributed by atoms with E-state index in [9.17, 15) is 0 Å². The van der Waals surface area contributed by atoms with Crippen LogP contribution < -0.4 is 0 Å². The lowest BCUT2D eigenvalue weighted by Crippen LogP contribution is -2.19. The topological polar surface area (TPSA) is 0 Å². The van der Waals surface area contributed by atoms with Gasteiger partial charge in [-0.15, -0.1) is 0 Å². The van der Waals surface area contributed by atoms with Gasteiger partial charge in [-0.3, -0.25) is 0 Å². The van der Waals surface area contributed by atoms with E-state index in [0.717, 1.165) is 23.7 Å². The van der Waals surface area contributed by atoms with E-state index in [1.807, 2.05) is 0 Å². The normalized spacial score (nSPS) is 39.8. The molecule has 0 nitrogen and oxygen atoms in total. The van der Waals surface area contributed by atoms with Crippen LogP contribution in [-0.4, -0.2) is 0 Å². The average Bonchev–Trinajstić information content (AvgIpc) is 2.67. The van der Waals surface area contributed by atoms with Crippen LogP contribution >= 0.6 is 0 Å². The van der Waals surface area contributed by atoms with Crippen LogP contribution in [0.2, 0.25) is 0 Å². The van der Waals surface area contributed by atoms with E-state index < -0.39 is 0 Å². The van der Waals surface area contributed by atoms with E-state index in [1.54, 1.807) is 25.7 Å². The van der Waals surface area contributed by atoms with Crippen molar-refractivity contribution in [2.24, 2.45) is 23.7 Å². The molecule has 12 heavy (non-hydrogen) atoms. The van der Waals surface area contributed by atoms with Gasteiger partial charge in [0.05, 0.1) is 0 Å². The highest BCUT2D eigenvalue weighted by molar-refractivity contribution is 4.92. The number of fused-ring (bicyclic) bond motifs is 2. The number of rotatable bonds is 3. The van der Waals surface area contributed by atoms with Crippen LogP contribution in [0.1, 0.15) is 52.4 Å². The minimum atomic E-state index is 1.06. The average molecular weight is 166 g/mol. The molecule has 2 saturated carbocycles. The Morgan fingerprint density at radius 1 is 1.08 bits per heavy atom. The van der Waals surface area contributed by atoms with Gasteiger partial charge in [0.2, 0.25) is 0 Å². The fourth-order valence-electron chi connectivity index (χ4n) is 3.77. The summed E-state index contributed by atoms with van der Waals surface area (Å²) in [6.45, 7) is 4.75. The minimum absolute atomic E-state index is 1.06. The first-order valence-electron chi connectivity index (χ1n) is 5.85. The lowest BCUT2D eigenvalue weighted by Gasteiger charge is -2.28. The number of hydrogen-bond donors (Lipinski definition) is 0. The molecule has 0 aromatic rings. The van der Waals surface area contributed by atoms with Crippen molar-refractivity contribution in [3.63, 3.8) is 0 Å². The lowest BCUT2D eigenvalue weighted by molar-refractivity contribution is 0.216. The molecule has 0 spiro atoms. The summed E-state index contributed by atoms with van der Waals surface area (Å²) < 4.78 is 0. The summed E-state index contributed by atoms with van der Waals surface area (Å²) in [7, 11) is 0. The molecule has 2 rings (SSSR count). The van der Waals surface area contributed by atoms with Gasteiger partial charge in [0, 0.05) is 0 Å². The summed E-state index contributed by atoms with van der Waals surface area (Å²) >= 11 is 0. The Bertz CT molecular complexity index is 146. The van der Waals surface area contributed by atoms with Crippen molar-refractivity contribution in [3.05, 3.63) is 0 Å². The molecule has 0 radical (unpaired) electrons. The molecule has 2 bridgehead atoms. The van der Waals surface area contributed by atoms with Crippen molar-refractivity contribution in [3.8, 4) is 0 Å². The smallest absolute Gasteiger partial charge is 0.0355 e. The van der Waals surface area contributed by atoms with Gasteiger partial charge in [0.25, 0.3) is 0 Å². The zero-order valence-electron chi connectivity index (χ0n) is 8.55. The molecule has 70 valence electrons. The first kappa shape index (κ1) is 8.59. The molecule has 2 fully saturated rings. The van der Waals surface area contributed by atoms with E-state index in [-0.39, 0.29) is 0 Å². The van der Waals surface area contributed by atoms with Crippen LogP contribution in [0, 0.1) is 23.7 Å². The molecule has 0 aromatic carbocycles. The van der Waals surface area contributed by atoms with Gasteiger partial charge in [-0.05, 0) is 42.9 Å². The van der Waals surface area contributed by atoms with Gasteiger partial charge >= 0.3 is 0 Å². The fraction of sp³-hybridized carbons (Fsp3) is 1.00. The Balaban J connectivity index is 1.96. The number of hydrogen-bond acceptors (Lipinski definition) is 0. The third kappa shape index (κ3) is 1.30. The van der Waals surface area contributed by atoms with Gasteiger partial charge < -0.3 is 0 Å². The highest BCUT2D eigenvalue weighted by Gasteiger charge is 2.41. The Morgan fingerprint density at radius 2 is 1.83 bits per heavy atom. The van der Waals surface area contributed by atoms with E-state index >= 15 is 0 Å². The minimum Gasteiger partial charge on any atom is -0.0651 e. The Labute approximate surface area is 76.7 Å². The summed E-state index contributed by atoms with van der Waals surface area (Å²) in [5, 5.41) is 0. The molecular weight excluding hydrogens is 144 g/mol. The predicted octanol–water partition coefficient (Wildman–Crippen LogP) is 3.86. The third-order valence-electron chi connectivity index (χ3n) is 4.45. The molecule has 0 aliphatic heterocycles. The van der Waals surface area contributed by atoms with Crippen LogP contribution in [0.25, 0.3) is 0 Å². The SMILES string of the molecule is CCC(CC)C1CC2CCC1C2. The van der Waals surface area contributed by atoms with Crippen molar-refractivity contribution in [2.75, 3.05) is 0 Å². The Morgan fingerprint density at radius 3 is 2.25 bits per heavy atom. The van der Waals surface area contributed by atoms with E-state index in [1.165, 1.54) is 12.8 Å². The van der Waals surface area contributed by atoms with Gasteiger partial charge in [-0.2, -0.15) is 0 Å². The second kappa shape index (κ2) is 3.40. The fourth-order valence-corrected chi connectivity index (χ4v) is 3.77. The van der Waals surface area contributed by atoms with E-state index in [0.29, 0.717) is 0 Å². The summed E-state index contributed by atoms with van der Waals surface area (Å²) in [6.07, 6.45) is 9.13. The predicted molar refractivity (Wildman–Crippen MR) is 53.0 cm³/mol. The van der Waals surface area contributed by atoms with Crippen LogP contribution in [0.15, 0.2) is 0 Å². The molecule has 2 aliphatic carbocycles. The summed E-state index contributed by atoms with van der Waals surface area (Å²) in [5.41, 5.74) is 0. The van der Waals surface area contributed by atoms with Crippen LogP contribution in [0.3, 0.4) is 0 Å². The largest absolute Gasteiger partial charge is 0.0651 e. The highest BCUT2D eigenvalue weighted by Crippen LogP contribution is 2.52. The van der Waals surface area contributed by atoms with Crippen molar-refractivity contribution in [2.45, 2.75) is 52.4 Å². The maximum Gasteiger partial charge on any atom is -0.0355 e. The summed E-state index contributed by atoms with van der Waals surface area (Å²) in [5.74, 6) is 4.46. The van der Waals surface area contributed by atoms with Crippen LogP contribution in [0.4, 0.5) is 0 Å². The first-order chi connectivity index (χ1) is 5.85. The van der Waals surface area contributed by atoms with Gasteiger partial charge in [0.15, 0.2) is 0 Å². The van der Waals surface area contributed by atoms with Gasteiger partial charge in [0.1, 0.15) is 0 Å².